The molecule has 0 radical (unpaired) electrons. The third-order valence-corrected chi connectivity index (χ3v) is 1.52. The summed E-state index contributed by atoms with van der Waals surface area (Å²) >= 11 is 0. The van der Waals surface area contributed by atoms with Crippen LogP contribution in [0.5, 0.6) is 0 Å². The van der Waals surface area contributed by atoms with Gasteiger partial charge in [0, 0.05) is 12.5 Å². The van der Waals surface area contributed by atoms with Crippen LogP contribution in [0.3, 0.4) is 0 Å². The van der Waals surface area contributed by atoms with Gasteiger partial charge in [0.2, 0.25) is 0 Å². The first-order chi connectivity index (χ1) is 8.66. The number of carbonyl (C=O) groups excluding carboxylic acids is 1. The van der Waals surface area contributed by atoms with Crippen molar-refractivity contribution < 1.29 is 69.2 Å². The minimum absolute atomic E-state index is 0. The molecule has 0 unspecified atom stereocenters. The smallest absolute Gasteiger partial charge is 0.548 e. The summed E-state index contributed by atoms with van der Waals surface area (Å²) in [4.78, 5) is 39.2. The van der Waals surface area contributed by atoms with Crippen LogP contribution in [0.4, 0.5) is 0 Å². The molecule has 0 saturated heterocycles. The molecule has 0 aromatic heterocycles. The Morgan fingerprint density at radius 2 is 1.40 bits per heavy atom. The third-order valence-electron chi connectivity index (χ3n) is 1.52. The van der Waals surface area contributed by atoms with E-state index in [1.807, 2.05) is 0 Å². The summed E-state index contributed by atoms with van der Waals surface area (Å²) in [6.45, 7) is -0.626. The maximum atomic E-state index is 9.88. The first-order valence-electron chi connectivity index (χ1n) is 4.99. The van der Waals surface area contributed by atoms with E-state index in [0.717, 1.165) is 0 Å². The van der Waals surface area contributed by atoms with E-state index in [0.29, 0.717) is 0 Å². The van der Waals surface area contributed by atoms with Gasteiger partial charge in [0.15, 0.2) is 0 Å². The van der Waals surface area contributed by atoms with E-state index >= 15 is 0 Å². The normalized spacial score (nSPS) is 10.2. The van der Waals surface area contributed by atoms with Gasteiger partial charge in [-0.05, 0) is 6.42 Å². The first-order valence-corrected chi connectivity index (χ1v) is 4.99. The second-order valence-corrected chi connectivity index (χ2v) is 3.25. The molecule has 0 rings (SSSR count). The van der Waals surface area contributed by atoms with Crippen molar-refractivity contribution in [1.29, 1.82) is 0 Å². The SMILES string of the molecule is N[C@@H](CCC(=O)O)C(=O)[O-].O=C(O)CNCC(=O)O.[Na+]. The zero-order chi connectivity index (χ0) is 15.4. The molecule has 11 heteroatoms. The molecule has 20 heavy (non-hydrogen) atoms. The topological polar surface area (TPSA) is 190 Å². The van der Waals surface area contributed by atoms with Gasteiger partial charge >= 0.3 is 47.5 Å². The van der Waals surface area contributed by atoms with Crippen LogP contribution >= 0.6 is 0 Å². The third kappa shape index (κ3) is 22.0. The zero-order valence-electron chi connectivity index (χ0n) is 10.9. The Morgan fingerprint density at radius 3 is 1.65 bits per heavy atom. The predicted octanol–water partition coefficient (Wildman–Crippen LogP) is -6.32. The number of aliphatic carboxylic acids is 4. The van der Waals surface area contributed by atoms with E-state index in [9.17, 15) is 24.3 Å². The molecule has 6 N–H and O–H groups in total. The fourth-order valence-corrected chi connectivity index (χ4v) is 0.673. The van der Waals surface area contributed by atoms with Gasteiger partial charge in [-0.15, -0.1) is 0 Å². The van der Waals surface area contributed by atoms with Gasteiger partial charge in [0.1, 0.15) is 0 Å². The maximum Gasteiger partial charge on any atom is 1.00 e. The first kappa shape index (κ1) is 23.9. The number of nitrogens with one attached hydrogen (secondary N) is 1. The second-order valence-electron chi connectivity index (χ2n) is 3.25. The summed E-state index contributed by atoms with van der Waals surface area (Å²) in [7, 11) is 0. The number of nitrogens with two attached hydrogens (primary N) is 1. The monoisotopic (exact) mass is 302 g/mol. The number of hydrogen-bond donors (Lipinski definition) is 5. The molecule has 0 aromatic carbocycles. The van der Waals surface area contributed by atoms with E-state index in [1.54, 1.807) is 0 Å². The van der Waals surface area contributed by atoms with Crippen LogP contribution in [0, 0.1) is 0 Å². The van der Waals surface area contributed by atoms with Crippen LogP contribution in [-0.2, 0) is 19.2 Å². The fraction of sp³-hybridized carbons (Fsp3) is 0.556. The Balaban J connectivity index is -0.000000277. The summed E-state index contributed by atoms with van der Waals surface area (Å²) in [5.74, 6) is -4.59. The minimum atomic E-state index is -1.42. The molecular formula is C9H15N2NaO8. The average Bonchev–Trinajstić information content (AvgIpc) is 2.25. The van der Waals surface area contributed by atoms with Gasteiger partial charge in [0.05, 0.1) is 19.1 Å². The summed E-state index contributed by atoms with van der Waals surface area (Å²) in [6, 6.07) is -1.17. The molecule has 10 nitrogen and oxygen atoms in total. The molecule has 0 spiro atoms. The molecule has 0 saturated carbocycles. The average molecular weight is 302 g/mol. The molecular weight excluding hydrogens is 287 g/mol. The van der Waals surface area contributed by atoms with Crippen molar-refractivity contribution in [3.63, 3.8) is 0 Å². The standard InChI is InChI=1S/C5H9NO4.C4H7NO4.Na/c6-3(5(9)10)1-2-4(7)8;6-3(7)1-5-2-4(8)9;/h3H,1-2,6H2,(H,7,8)(H,9,10);5H,1-2H2,(H,6,7)(H,8,9);/q;;+1/p-1/t3-;;/m0../s1. The quantitative estimate of drug-likeness (QED) is 0.269. The van der Waals surface area contributed by atoms with Gasteiger partial charge in [-0.2, -0.15) is 0 Å². The summed E-state index contributed by atoms with van der Waals surface area (Å²) in [5.41, 5.74) is 4.94. The van der Waals surface area contributed by atoms with Crippen LogP contribution in [0.25, 0.3) is 0 Å². The molecule has 110 valence electrons. The van der Waals surface area contributed by atoms with E-state index in [2.05, 4.69) is 5.32 Å². The molecule has 0 amide bonds. The van der Waals surface area contributed by atoms with Crippen LogP contribution in [0.2, 0.25) is 0 Å². The van der Waals surface area contributed by atoms with Gasteiger partial charge in [-0.1, -0.05) is 0 Å². The van der Waals surface area contributed by atoms with Gasteiger partial charge in [0.25, 0.3) is 0 Å². The van der Waals surface area contributed by atoms with Gasteiger partial charge in [-0.3, -0.25) is 19.7 Å². The van der Waals surface area contributed by atoms with E-state index in [1.165, 1.54) is 0 Å². The molecule has 1 atom stereocenters. The number of hydrogen-bond acceptors (Lipinski definition) is 7. The molecule has 0 aliphatic carbocycles. The molecule has 0 fully saturated rings. The number of carbonyl (C=O) groups is 4. The van der Waals surface area contributed by atoms with Crippen LogP contribution in [0.1, 0.15) is 12.8 Å². The second kappa shape index (κ2) is 14.2. The van der Waals surface area contributed by atoms with Crippen LogP contribution in [0.15, 0.2) is 0 Å². The van der Waals surface area contributed by atoms with Crippen molar-refractivity contribution in [2.45, 2.75) is 18.9 Å². The molecule has 0 bridgehead atoms. The summed E-state index contributed by atoms with van der Waals surface area (Å²) in [6.07, 6.45) is -0.327. The van der Waals surface area contributed by atoms with Crippen molar-refractivity contribution in [2.24, 2.45) is 5.73 Å². The van der Waals surface area contributed by atoms with Crippen LogP contribution in [-0.4, -0.2) is 58.3 Å². The Morgan fingerprint density at radius 1 is 1.00 bits per heavy atom. The largest absolute Gasteiger partial charge is 1.00 e. The van der Waals surface area contributed by atoms with Crippen molar-refractivity contribution in [1.82, 2.24) is 5.32 Å². The maximum absolute atomic E-state index is 9.88. The predicted molar refractivity (Wildman–Crippen MR) is 58.0 cm³/mol. The summed E-state index contributed by atoms with van der Waals surface area (Å²) < 4.78 is 0. The van der Waals surface area contributed by atoms with Crippen molar-refractivity contribution >= 4 is 23.9 Å². The Labute approximate surface area is 136 Å². The van der Waals surface area contributed by atoms with Gasteiger partial charge in [-0.25, -0.2) is 0 Å². The fourth-order valence-electron chi connectivity index (χ4n) is 0.673. The Hall–Kier alpha value is -1.20. The Kier molecular flexibility index (Phi) is 17.0. The molecule has 0 heterocycles. The van der Waals surface area contributed by atoms with E-state index < -0.39 is 29.9 Å². The van der Waals surface area contributed by atoms with E-state index in [4.69, 9.17) is 21.1 Å². The number of carboxylic acid groups (broad SMARTS) is 4. The zero-order valence-corrected chi connectivity index (χ0v) is 12.9. The van der Waals surface area contributed by atoms with Gasteiger partial charge < -0.3 is 31.0 Å². The summed E-state index contributed by atoms with van der Waals surface area (Å²) in [5, 5.41) is 36.1. The molecule has 0 aliphatic rings. The van der Waals surface area contributed by atoms with Crippen LogP contribution < -0.4 is 45.7 Å². The van der Waals surface area contributed by atoms with Crippen molar-refractivity contribution in [2.75, 3.05) is 13.1 Å². The molecule has 0 aromatic rings. The number of rotatable bonds is 8. The van der Waals surface area contributed by atoms with Crippen molar-refractivity contribution in [3.8, 4) is 0 Å². The minimum Gasteiger partial charge on any atom is -0.548 e. The Bertz CT molecular complexity index is 322. The van der Waals surface area contributed by atoms with E-state index in [-0.39, 0.29) is 55.5 Å². The molecule has 0 aliphatic heterocycles. The van der Waals surface area contributed by atoms with Crippen molar-refractivity contribution in [3.05, 3.63) is 0 Å². The number of carboxylic acids is 4.